The summed E-state index contributed by atoms with van der Waals surface area (Å²) >= 11 is 6.21. The molecule has 0 bridgehead atoms. The third-order valence-electron chi connectivity index (χ3n) is 5.52. The minimum atomic E-state index is -4.28. The average molecular weight is 480 g/mol. The van der Waals surface area contributed by atoms with Crippen LogP contribution in [-0.4, -0.2) is 68.6 Å². The molecule has 4 atom stereocenters. The second kappa shape index (κ2) is 7.89. The molecule has 1 saturated heterocycles. The van der Waals surface area contributed by atoms with Crippen LogP contribution in [0.4, 0.5) is 0 Å². The lowest BCUT2D eigenvalue weighted by Crippen LogP contribution is -2.31. The summed E-state index contributed by atoms with van der Waals surface area (Å²) in [5.74, 6) is 0.436. The van der Waals surface area contributed by atoms with E-state index in [2.05, 4.69) is 15.0 Å². The van der Waals surface area contributed by atoms with Crippen LogP contribution >= 0.6 is 19.2 Å². The van der Waals surface area contributed by atoms with Gasteiger partial charge in [-0.25, -0.2) is 4.98 Å². The highest BCUT2D eigenvalue weighted by molar-refractivity contribution is 7.51. The maximum absolute atomic E-state index is 11.2. The van der Waals surface area contributed by atoms with Crippen LogP contribution in [0.15, 0.2) is 42.9 Å². The molecule has 1 aliphatic rings. The molecule has 1 fully saturated rings. The number of rotatable bonds is 5. The summed E-state index contributed by atoms with van der Waals surface area (Å²) in [5, 5.41) is 21.9. The lowest BCUT2D eigenvalue weighted by Gasteiger charge is -2.17. The van der Waals surface area contributed by atoms with Crippen molar-refractivity contribution in [2.24, 2.45) is 0 Å². The predicted molar refractivity (Wildman–Crippen MR) is 115 cm³/mol. The highest BCUT2D eigenvalue weighted by Crippen LogP contribution is 2.39. The Hall–Kier alpha value is -2.37. The first-order chi connectivity index (χ1) is 15.2. The van der Waals surface area contributed by atoms with E-state index < -0.39 is 38.3 Å². The molecule has 0 saturated carbocycles. The average Bonchev–Trinajstić information content (AvgIpc) is 3.42. The molecule has 1 aliphatic heterocycles. The largest absolute Gasteiger partial charge is 0.388 e. The van der Waals surface area contributed by atoms with Crippen LogP contribution in [0.2, 0.25) is 5.28 Å². The fourth-order valence-electron chi connectivity index (χ4n) is 3.99. The summed E-state index contributed by atoms with van der Waals surface area (Å²) in [4.78, 5) is 31.2. The maximum Gasteiger partial charge on any atom is 0.325 e. The second-order valence-electron chi connectivity index (χ2n) is 7.61. The summed E-state index contributed by atoms with van der Waals surface area (Å²) in [6.45, 7) is 0. The van der Waals surface area contributed by atoms with Gasteiger partial charge in [-0.3, -0.25) is 13.7 Å². The van der Waals surface area contributed by atoms with E-state index >= 15 is 0 Å². The van der Waals surface area contributed by atoms with Crippen LogP contribution in [0, 0.1) is 0 Å². The molecule has 11 nitrogen and oxygen atoms in total. The molecule has 5 rings (SSSR count). The molecule has 0 aliphatic carbocycles. The molecule has 4 N–H and O–H groups in total. The van der Waals surface area contributed by atoms with Gasteiger partial charge in [0.1, 0.15) is 12.2 Å². The molecule has 0 amide bonds. The lowest BCUT2D eigenvalue weighted by molar-refractivity contribution is -0.0355. The van der Waals surface area contributed by atoms with Crippen molar-refractivity contribution in [1.29, 1.82) is 0 Å². The Morgan fingerprint density at radius 3 is 2.69 bits per heavy atom. The number of imidazole rings is 1. The van der Waals surface area contributed by atoms with Gasteiger partial charge in [0.25, 0.3) is 0 Å². The number of para-hydroxylation sites is 1. The lowest BCUT2D eigenvalue weighted by atomic mass is 10.1. The maximum atomic E-state index is 11.2. The number of hydrogen-bond acceptors (Lipinski definition) is 7. The van der Waals surface area contributed by atoms with Crippen molar-refractivity contribution in [1.82, 2.24) is 24.1 Å². The quantitative estimate of drug-likeness (QED) is 0.246. The normalized spacial score (nSPS) is 24.0. The van der Waals surface area contributed by atoms with Crippen molar-refractivity contribution < 1.29 is 29.3 Å². The van der Waals surface area contributed by atoms with Crippen LogP contribution < -0.4 is 0 Å². The number of aromatic nitrogens is 5. The topological polar surface area (TPSA) is 156 Å². The molecule has 1 unspecified atom stereocenters. The Labute approximate surface area is 186 Å². The summed E-state index contributed by atoms with van der Waals surface area (Å²) in [6.07, 6.45) is -2.10. The van der Waals surface area contributed by atoms with Crippen molar-refractivity contribution in [3.05, 3.63) is 48.1 Å². The number of aliphatic hydroxyl groups excluding tert-OH is 2. The highest BCUT2D eigenvalue weighted by Gasteiger charge is 2.44. The van der Waals surface area contributed by atoms with Gasteiger partial charge in [-0.15, -0.1) is 0 Å². The van der Waals surface area contributed by atoms with Crippen molar-refractivity contribution >= 4 is 41.3 Å². The van der Waals surface area contributed by atoms with E-state index in [9.17, 15) is 14.8 Å². The number of nitrogens with zero attached hydrogens (tertiary/aromatic N) is 5. The number of benzene rings is 1. The van der Waals surface area contributed by atoms with Gasteiger partial charge in [-0.1, -0.05) is 18.2 Å². The SMILES string of the molecule is O=P(O)(O)CC[C@H]1O[C@@H](n2cnc3c(-n4ccc5ccccc54)nc(Cl)nc32)[C@@H](O)C1O. The first-order valence-corrected chi connectivity index (χ1v) is 11.9. The van der Waals surface area contributed by atoms with Gasteiger partial charge in [0, 0.05) is 6.20 Å². The number of ether oxygens (including phenoxy) is 1. The molecule has 0 spiro atoms. The third-order valence-corrected chi connectivity index (χ3v) is 6.53. The van der Waals surface area contributed by atoms with E-state index in [1.165, 1.54) is 10.9 Å². The number of hydrogen-bond donors (Lipinski definition) is 4. The van der Waals surface area contributed by atoms with E-state index in [1.54, 1.807) is 0 Å². The molecule has 0 radical (unpaired) electrons. The Bertz CT molecular complexity index is 1350. The summed E-state index contributed by atoms with van der Waals surface area (Å²) in [7, 11) is -4.28. The Kier molecular flexibility index (Phi) is 5.30. The molecule has 1 aromatic carbocycles. The zero-order chi connectivity index (χ0) is 22.6. The summed E-state index contributed by atoms with van der Waals surface area (Å²) in [5.41, 5.74) is 1.58. The van der Waals surface area contributed by atoms with Crippen molar-refractivity contribution in [3.8, 4) is 5.82 Å². The van der Waals surface area contributed by atoms with Gasteiger partial charge < -0.3 is 24.7 Å². The zero-order valence-electron chi connectivity index (χ0n) is 16.4. The van der Waals surface area contributed by atoms with Gasteiger partial charge >= 0.3 is 7.60 Å². The first-order valence-electron chi connectivity index (χ1n) is 9.75. The molecule has 32 heavy (non-hydrogen) atoms. The minimum absolute atomic E-state index is 0.0434. The number of fused-ring (bicyclic) bond motifs is 2. The summed E-state index contributed by atoms with van der Waals surface area (Å²) in [6, 6.07) is 9.66. The third kappa shape index (κ3) is 3.71. The Morgan fingerprint density at radius 2 is 1.91 bits per heavy atom. The fraction of sp³-hybridized carbons (Fsp3) is 0.316. The van der Waals surface area contributed by atoms with Gasteiger partial charge in [0.15, 0.2) is 23.2 Å². The van der Waals surface area contributed by atoms with Crippen LogP contribution in [0.25, 0.3) is 27.9 Å². The monoisotopic (exact) mass is 479 g/mol. The van der Waals surface area contributed by atoms with Gasteiger partial charge in [-0.05, 0) is 35.5 Å². The molecule has 4 aromatic rings. The minimum Gasteiger partial charge on any atom is -0.388 e. The smallest absolute Gasteiger partial charge is 0.325 e. The van der Waals surface area contributed by atoms with E-state index in [0.29, 0.717) is 11.3 Å². The van der Waals surface area contributed by atoms with Crippen LogP contribution in [0.1, 0.15) is 12.6 Å². The summed E-state index contributed by atoms with van der Waals surface area (Å²) < 4.78 is 20.2. The Morgan fingerprint density at radius 1 is 1.12 bits per heavy atom. The standard InChI is InChI=1S/C19H19ClN5O6P/c20-19-22-16(24-7-5-10-3-1-2-4-11(10)24)13-17(23-19)25(9-21-13)18-15(27)14(26)12(31-18)6-8-32(28,29)30/h1-5,7,9,12,14-15,18,26-27H,6,8H2,(H2,28,29,30)/t12-,14?,15+,18-/m1/s1. The molecule has 3 aromatic heterocycles. The molecular formula is C19H19ClN5O6P. The highest BCUT2D eigenvalue weighted by atomic mass is 35.5. The predicted octanol–water partition coefficient (Wildman–Crippen LogP) is 1.61. The zero-order valence-corrected chi connectivity index (χ0v) is 18.1. The second-order valence-corrected chi connectivity index (χ2v) is 9.72. The molecular weight excluding hydrogens is 461 g/mol. The number of halogens is 1. The number of aliphatic hydroxyl groups is 2. The van der Waals surface area contributed by atoms with E-state index in [-0.39, 0.29) is 17.4 Å². The van der Waals surface area contributed by atoms with Crippen LogP contribution in [0.5, 0.6) is 0 Å². The first kappa shape index (κ1) is 21.5. The van der Waals surface area contributed by atoms with E-state index in [1.807, 2.05) is 41.1 Å². The van der Waals surface area contributed by atoms with E-state index in [0.717, 1.165) is 10.9 Å². The van der Waals surface area contributed by atoms with Crippen LogP contribution in [-0.2, 0) is 9.30 Å². The molecule has 4 heterocycles. The van der Waals surface area contributed by atoms with Crippen molar-refractivity contribution in [3.63, 3.8) is 0 Å². The van der Waals surface area contributed by atoms with E-state index in [4.69, 9.17) is 26.1 Å². The van der Waals surface area contributed by atoms with Crippen molar-refractivity contribution in [2.75, 3.05) is 6.16 Å². The molecule has 13 heteroatoms. The van der Waals surface area contributed by atoms with Gasteiger partial charge in [0.05, 0.1) is 24.1 Å². The van der Waals surface area contributed by atoms with Crippen molar-refractivity contribution in [2.45, 2.75) is 31.0 Å². The van der Waals surface area contributed by atoms with Gasteiger partial charge in [-0.2, -0.15) is 9.97 Å². The van der Waals surface area contributed by atoms with Gasteiger partial charge in [0.2, 0.25) is 5.28 Å². The Balaban J connectivity index is 1.55. The fourth-order valence-corrected chi connectivity index (χ4v) is 4.74. The molecule has 168 valence electrons. The van der Waals surface area contributed by atoms with Crippen LogP contribution in [0.3, 0.4) is 0 Å².